The van der Waals surface area contributed by atoms with Crippen molar-refractivity contribution < 1.29 is 13.9 Å². The minimum Gasteiger partial charge on any atom is -0.494 e. The number of hydrogen-bond donors (Lipinski definition) is 1. The Balaban J connectivity index is 1.57. The fourth-order valence-electron chi connectivity index (χ4n) is 2.30. The SMILES string of the molecule is CCCOc1ccc(C=CC(=O)Nc2nc(-c3ccc(F)cc3)cs2)cc1. The normalized spacial score (nSPS) is 10.9. The number of benzene rings is 2. The van der Waals surface area contributed by atoms with Crippen molar-refractivity contribution in [1.29, 1.82) is 0 Å². The van der Waals surface area contributed by atoms with Crippen molar-refractivity contribution >= 4 is 28.5 Å². The third kappa shape index (κ3) is 5.49. The minimum absolute atomic E-state index is 0.263. The molecule has 1 amide bonds. The van der Waals surface area contributed by atoms with E-state index in [0.29, 0.717) is 17.4 Å². The summed E-state index contributed by atoms with van der Waals surface area (Å²) in [5.41, 5.74) is 2.40. The number of ether oxygens (including phenoxy) is 1. The molecule has 3 rings (SSSR count). The summed E-state index contributed by atoms with van der Waals surface area (Å²) in [6.07, 6.45) is 4.15. The zero-order valence-electron chi connectivity index (χ0n) is 14.8. The van der Waals surface area contributed by atoms with Gasteiger partial charge in [-0.05, 0) is 54.5 Å². The van der Waals surface area contributed by atoms with E-state index < -0.39 is 0 Å². The number of anilines is 1. The van der Waals surface area contributed by atoms with Crippen LogP contribution in [0.5, 0.6) is 5.75 Å². The molecule has 1 heterocycles. The number of carbonyl (C=O) groups excluding carboxylic acids is 1. The van der Waals surface area contributed by atoms with Crippen LogP contribution in [0.1, 0.15) is 18.9 Å². The highest BCUT2D eigenvalue weighted by Gasteiger charge is 2.06. The van der Waals surface area contributed by atoms with Gasteiger partial charge in [0, 0.05) is 17.0 Å². The number of halogens is 1. The minimum atomic E-state index is -0.294. The van der Waals surface area contributed by atoms with Gasteiger partial charge >= 0.3 is 0 Å². The Hall–Kier alpha value is -2.99. The number of amides is 1. The van der Waals surface area contributed by atoms with Crippen LogP contribution in [0, 0.1) is 5.82 Å². The quantitative estimate of drug-likeness (QED) is 0.558. The number of aromatic nitrogens is 1. The zero-order valence-corrected chi connectivity index (χ0v) is 15.6. The van der Waals surface area contributed by atoms with Crippen LogP contribution in [0.15, 0.2) is 60.0 Å². The van der Waals surface area contributed by atoms with E-state index in [-0.39, 0.29) is 11.7 Å². The molecule has 138 valence electrons. The monoisotopic (exact) mass is 382 g/mol. The second-order valence-electron chi connectivity index (χ2n) is 5.78. The number of thiazole rings is 1. The summed E-state index contributed by atoms with van der Waals surface area (Å²) in [5.74, 6) is 0.258. The van der Waals surface area contributed by atoms with Gasteiger partial charge in [-0.2, -0.15) is 0 Å². The van der Waals surface area contributed by atoms with E-state index in [9.17, 15) is 9.18 Å². The molecule has 0 aliphatic heterocycles. The molecule has 0 aliphatic carbocycles. The number of rotatable bonds is 7. The Morgan fingerprint density at radius 3 is 2.63 bits per heavy atom. The van der Waals surface area contributed by atoms with Gasteiger partial charge in [0.25, 0.3) is 0 Å². The lowest BCUT2D eigenvalue weighted by Gasteiger charge is -2.04. The molecule has 0 spiro atoms. The first-order chi connectivity index (χ1) is 13.1. The summed E-state index contributed by atoms with van der Waals surface area (Å²) >= 11 is 1.32. The van der Waals surface area contributed by atoms with Crippen molar-refractivity contribution in [3.8, 4) is 17.0 Å². The summed E-state index contributed by atoms with van der Waals surface area (Å²) in [4.78, 5) is 16.4. The molecule has 0 unspecified atom stereocenters. The standard InChI is InChI=1S/C21H19FN2O2S/c1-2-13-26-18-10-3-15(4-11-18)5-12-20(25)24-21-23-19(14-27-21)16-6-8-17(22)9-7-16/h3-12,14H,2,13H2,1H3,(H,23,24,25). The Morgan fingerprint density at radius 2 is 1.93 bits per heavy atom. The van der Waals surface area contributed by atoms with E-state index >= 15 is 0 Å². The Labute approximate surface area is 161 Å². The average Bonchev–Trinajstić information content (AvgIpc) is 3.14. The van der Waals surface area contributed by atoms with Gasteiger partial charge in [0.05, 0.1) is 12.3 Å². The molecule has 0 aliphatic rings. The van der Waals surface area contributed by atoms with Gasteiger partial charge < -0.3 is 4.74 Å². The smallest absolute Gasteiger partial charge is 0.250 e. The molecule has 0 saturated carbocycles. The number of hydrogen-bond acceptors (Lipinski definition) is 4. The topological polar surface area (TPSA) is 51.2 Å². The highest BCUT2D eigenvalue weighted by atomic mass is 32.1. The predicted octanol–water partition coefficient (Wildman–Crippen LogP) is 5.39. The fraction of sp³-hybridized carbons (Fsp3) is 0.143. The molecular weight excluding hydrogens is 363 g/mol. The highest BCUT2D eigenvalue weighted by molar-refractivity contribution is 7.14. The van der Waals surface area contributed by atoms with Crippen molar-refractivity contribution in [1.82, 2.24) is 4.98 Å². The molecule has 3 aromatic rings. The first-order valence-electron chi connectivity index (χ1n) is 8.57. The van der Waals surface area contributed by atoms with Crippen LogP contribution in [-0.2, 0) is 4.79 Å². The molecule has 0 radical (unpaired) electrons. The van der Waals surface area contributed by atoms with Gasteiger partial charge in [0.15, 0.2) is 5.13 Å². The van der Waals surface area contributed by atoms with Crippen LogP contribution in [0.2, 0.25) is 0 Å². The molecule has 0 saturated heterocycles. The first kappa shape index (κ1) is 18.8. The Kier molecular flexibility index (Phi) is 6.33. The maximum absolute atomic E-state index is 13.0. The average molecular weight is 382 g/mol. The molecule has 0 bridgehead atoms. The summed E-state index contributed by atoms with van der Waals surface area (Å²) in [5, 5.41) is 5.05. The molecule has 1 N–H and O–H groups in total. The largest absolute Gasteiger partial charge is 0.494 e. The Morgan fingerprint density at radius 1 is 1.19 bits per heavy atom. The predicted molar refractivity (Wildman–Crippen MR) is 107 cm³/mol. The van der Waals surface area contributed by atoms with Crippen LogP contribution >= 0.6 is 11.3 Å². The number of nitrogens with zero attached hydrogens (tertiary/aromatic N) is 1. The third-order valence-electron chi connectivity index (χ3n) is 3.65. The zero-order chi connectivity index (χ0) is 19.1. The van der Waals surface area contributed by atoms with Crippen LogP contribution in [0.3, 0.4) is 0 Å². The molecule has 27 heavy (non-hydrogen) atoms. The van der Waals surface area contributed by atoms with Crippen LogP contribution in [0.4, 0.5) is 9.52 Å². The second-order valence-corrected chi connectivity index (χ2v) is 6.64. The van der Waals surface area contributed by atoms with E-state index in [0.717, 1.165) is 23.3 Å². The van der Waals surface area contributed by atoms with E-state index in [4.69, 9.17) is 4.74 Å². The van der Waals surface area contributed by atoms with Gasteiger partial charge in [0.1, 0.15) is 11.6 Å². The van der Waals surface area contributed by atoms with E-state index in [1.807, 2.05) is 29.6 Å². The van der Waals surface area contributed by atoms with Crippen LogP contribution in [-0.4, -0.2) is 17.5 Å². The molecule has 0 fully saturated rings. The van der Waals surface area contributed by atoms with Crippen molar-refractivity contribution in [2.45, 2.75) is 13.3 Å². The molecule has 4 nitrogen and oxygen atoms in total. The maximum atomic E-state index is 13.0. The van der Waals surface area contributed by atoms with Gasteiger partial charge in [-0.15, -0.1) is 11.3 Å². The summed E-state index contributed by atoms with van der Waals surface area (Å²) in [6, 6.07) is 13.6. The number of carbonyl (C=O) groups is 1. The van der Waals surface area contributed by atoms with E-state index in [1.54, 1.807) is 18.2 Å². The summed E-state index contributed by atoms with van der Waals surface area (Å²) < 4.78 is 18.5. The molecule has 2 aromatic carbocycles. The van der Waals surface area contributed by atoms with E-state index in [1.165, 1.54) is 29.5 Å². The molecule has 6 heteroatoms. The lowest BCUT2D eigenvalue weighted by molar-refractivity contribution is -0.111. The first-order valence-corrected chi connectivity index (χ1v) is 9.45. The lowest BCUT2D eigenvalue weighted by atomic mass is 10.2. The van der Waals surface area contributed by atoms with Crippen molar-refractivity contribution in [2.24, 2.45) is 0 Å². The van der Waals surface area contributed by atoms with Gasteiger partial charge in [-0.25, -0.2) is 9.37 Å². The molecule has 0 atom stereocenters. The maximum Gasteiger partial charge on any atom is 0.250 e. The van der Waals surface area contributed by atoms with Gasteiger partial charge in [0.2, 0.25) is 5.91 Å². The number of nitrogens with one attached hydrogen (secondary N) is 1. The van der Waals surface area contributed by atoms with Crippen molar-refractivity contribution in [2.75, 3.05) is 11.9 Å². The van der Waals surface area contributed by atoms with Gasteiger partial charge in [-0.3, -0.25) is 10.1 Å². The molecular formula is C21H19FN2O2S. The fourth-order valence-corrected chi connectivity index (χ4v) is 3.02. The Bertz CT molecular complexity index is 918. The lowest BCUT2D eigenvalue weighted by Crippen LogP contribution is -2.07. The van der Waals surface area contributed by atoms with Crippen LogP contribution < -0.4 is 10.1 Å². The van der Waals surface area contributed by atoms with Crippen molar-refractivity contribution in [3.63, 3.8) is 0 Å². The third-order valence-corrected chi connectivity index (χ3v) is 4.41. The van der Waals surface area contributed by atoms with E-state index in [2.05, 4.69) is 17.2 Å². The summed E-state index contributed by atoms with van der Waals surface area (Å²) in [7, 11) is 0. The summed E-state index contributed by atoms with van der Waals surface area (Å²) in [6.45, 7) is 2.74. The highest BCUT2D eigenvalue weighted by Crippen LogP contribution is 2.25. The van der Waals surface area contributed by atoms with Crippen LogP contribution in [0.25, 0.3) is 17.3 Å². The van der Waals surface area contributed by atoms with Gasteiger partial charge in [-0.1, -0.05) is 19.1 Å². The molecule has 1 aromatic heterocycles. The second kappa shape index (κ2) is 9.09. The van der Waals surface area contributed by atoms with Crippen molar-refractivity contribution in [3.05, 3.63) is 71.4 Å².